The summed E-state index contributed by atoms with van der Waals surface area (Å²) in [5.74, 6) is -0.899. The van der Waals surface area contributed by atoms with Crippen LogP contribution in [0.15, 0.2) is 18.3 Å². The smallest absolute Gasteiger partial charge is 0.229 e. The summed E-state index contributed by atoms with van der Waals surface area (Å²) in [7, 11) is 0. The van der Waals surface area contributed by atoms with E-state index in [1.54, 1.807) is 6.07 Å². The first kappa shape index (κ1) is 9.76. The Morgan fingerprint density at radius 3 is 2.65 bits per heavy atom. The van der Waals surface area contributed by atoms with Crippen LogP contribution >= 0.6 is 17.0 Å². The van der Waals surface area contributed by atoms with Gasteiger partial charge < -0.3 is 5.73 Å². The summed E-state index contributed by atoms with van der Waals surface area (Å²) in [6.45, 7) is -2.29. The minimum atomic E-state index is -2.29. The average molecular weight is 302 g/mol. The number of aromatic nitrogens is 1. The zero-order valence-electron chi connectivity index (χ0n) is 12.1. The Hall–Kier alpha value is -1.23. The molecule has 0 atom stereocenters. The van der Waals surface area contributed by atoms with Gasteiger partial charge in [-0.3, -0.25) is 14.6 Å². The Balaban J connectivity index is 0.00000200. The lowest BCUT2D eigenvalue weighted by Gasteiger charge is -2.10. The second-order valence-electron chi connectivity index (χ2n) is 3.98. The first-order chi connectivity index (χ1) is 8.74. The normalized spacial score (nSPS) is 19.2. The van der Waals surface area contributed by atoms with Crippen LogP contribution in [0.5, 0.6) is 0 Å². The Morgan fingerprint density at radius 2 is 2.24 bits per heavy atom. The number of ketones is 1. The van der Waals surface area contributed by atoms with Gasteiger partial charge in [0.2, 0.25) is 5.91 Å². The van der Waals surface area contributed by atoms with Crippen LogP contribution < -0.4 is 5.73 Å². The molecule has 5 heteroatoms. The predicted octanol–water partition coefficient (Wildman–Crippen LogP) is 1.77. The molecule has 1 fully saturated rings. The second kappa shape index (κ2) is 4.96. The van der Waals surface area contributed by atoms with Gasteiger partial charge in [0.05, 0.1) is 11.1 Å². The molecule has 0 unspecified atom stereocenters. The number of Topliss-reactive ketones (excluding diaryl/α,β-unsaturated/α-hetero) is 1. The third kappa shape index (κ3) is 2.39. The van der Waals surface area contributed by atoms with Crippen molar-refractivity contribution in [3.63, 3.8) is 0 Å². The molecule has 1 aliphatic rings. The number of hydrogen-bond donors (Lipinski definition) is 1. The maximum Gasteiger partial charge on any atom is 0.229 e. The molecule has 1 aromatic rings. The molecule has 1 saturated carbocycles. The van der Waals surface area contributed by atoms with Crippen LogP contribution in [0, 0.1) is 0 Å². The number of carbonyl (C=O) groups is 2. The lowest BCUT2D eigenvalue weighted by atomic mass is 10.00. The predicted molar refractivity (Wildman–Crippen MR) is 69.3 cm³/mol. The lowest BCUT2D eigenvalue weighted by molar-refractivity contribution is -0.120. The number of rotatable bonds is 4. The van der Waals surface area contributed by atoms with E-state index in [-0.39, 0.29) is 22.5 Å². The summed E-state index contributed by atoms with van der Waals surface area (Å²) in [6.07, 6.45) is 2.12. The summed E-state index contributed by atoms with van der Waals surface area (Å²) >= 11 is 0. The summed E-state index contributed by atoms with van der Waals surface area (Å²) < 4.78 is 21.2. The van der Waals surface area contributed by atoms with Crippen molar-refractivity contribution < 1.29 is 13.7 Å². The van der Waals surface area contributed by atoms with Crippen LogP contribution in [0.25, 0.3) is 0 Å². The van der Waals surface area contributed by atoms with E-state index < -0.39 is 30.4 Å². The Kier molecular flexibility index (Phi) is 2.85. The highest BCUT2D eigenvalue weighted by molar-refractivity contribution is 8.93. The number of hydrogen-bond acceptors (Lipinski definition) is 3. The van der Waals surface area contributed by atoms with Crippen LogP contribution in [0.4, 0.5) is 0 Å². The largest absolute Gasteiger partial charge is 0.369 e. The van der Waals surface area contributed by atoms with Crippen molar-refractivity contribution in [1.29, 1.82) is 0 Å². The molecule has 2 rings (SSSR count). The van der Waals surface area contributed by atoms with E-state index in [9.17, 15) is 9.59 Å². The van der Waals surface area contributed by atoms with Gasteiger partial charge >= 0.3 is 0 Å². The molecule has 92 valence electrons. The van der Waals surface area contributed by atoms with Crippen LogP contribution in [-0.4, -0.2) is 16.7 Å². The number of nitrogens with two attached hydrogens (primary N) is 1. The molecule has 0 bridgehead atoms. The Labute approximate surface area is 115 Å². The fourth-order valence-corrected chi connectivity index (χ4v) is 1.70. The van der Waals surface area contributed by atoms with E-state index in [1.165, 1.54) is 12.3 Å². The van der Waals surface area contributed by atoms with Crippen molar-refractivity contribution in [2.45, 2.75) is 31.5 Å². The first-order valence-electron chi connectivity index (χ1n) is 6.54. The minimum absolute atomic E-state index is 0. The molecule has 0 saturated heterocycles. The first-order valence-corrected chi connectivity index (χ1v) is 5.04. The van der Waals surface area contributed by atoms with E-state index in [4.69, 9.17) is 9.85 Å². The molecular weight excluding hydrogens is 284 g/mol. The van der Waals surface area contributed by atoms with Crippen molar-refractivity contribution in [3.05, 3.63) is 29.6 Å². The number of pyridine rings is 1. The summed E-state index contributed by atoms with van der Waals surface area (Å²) in [5, 5.41) is 0. The zero-order valence-corrected chi connectivity index (χ0v) is 10.8. The van der Waals surface area contributed by atoms with Crippen molar-refractivity contribution in [2.24, 2.45) is 5.73 Å². The van der Waals surface area contributed by atoms with Gasteiger partial charge in [-0.25, -0.2) is 0 Å². The van der Waals surface area contributed by atoms with Gasteiger partial charge in [-0.15, -0.1) is 17.0 Å². The number of halogens is 1. The quantitative estimate of drug-likeness (QED) is 0.861. The number of nitrogens with zero attached hydrogens (tertiary/aromatic N) is 1. The molecule has 0 radical (unpaired) electrons. The maximum atomic E-state index is 11.7. The molecular formula is C12H15BrN2O2. The molecule has 1 aromatic heterocycles. The van der Waals surface area contributed by atoms with Gasteiger partial charge in [-0.2, -0.15) is 0 Å². The highest BCUT2D eigenvalue weighted by Crippen LogP contribution is 2.46. The van der Waals surface area contributed by atoms with Crippen molar-refractivity contribution in [1.82, 2.24) is 4.98 Å². The van der Waals surface area contributed by atoms with Gasteiger partial charge in [0, 0.05) is 22.3 Å². The molecule has 2 N–H and O–H groups in total. The molecule has 0 aromatic carbocycles. The molecule has 0 aliphatic heterocycles. The van der Waals surface area contributed by atoms with E-state index in [2.05, 4.69) is 4.98 Å². The molecule has 1 heterocycles. The molecule has 17 heavy (non-hydrogen) atoms. The number of primary amides is 1. The molecule has 0 spiro atoms. The third-order valence-electron chi connectivity index (χ3n) is 2.96. The van der Waals surface area contributed by atoms with Crippen molar-refractivity contribution in [3.8, 4) is 0 Å². The van der Waals surface area contributed by atoms with E-state index in [0.717, 1.165) is 0 Å². The highest BCUT2D eigenvalue weighted by Gasteiger charge is 2.51. The second-order valence-corrected chi connectivity index (χ2v) is 3.98. The standard InChI is InChI=1S/C12H14N2O2.BrH/c1-2-9(15)8-3-4-10(14-7-8)12(5-6-12)11(13)16;/h3-4,7H,2,5-6H2,1H3,(H2,13,16);1H/i1D3;. The maximum absolute atomic E-state index is 11.7. The van der Waals surface area contributed by atoms with Gasteiger partial charge in [0.1, 0.15) is 0 Å². The summed E-state index contributed by atoms with van der Waals surface area (Å²) in [5.41, 5.74) is 5.42. The number of carbonyl (C=O) groups excluding carboxylic acids is 2. The average Bonchev–Trinajstić information content (AvgIpc) is 3.08. The molecule has 1 amide bonds. The lowest BCUT2D eigenvalue weighted by Crippen LogP contribution is -2.29. The van der Waals surface area contributed by atoms with Gasteiger partial charge in [-0.05, 0) is 25.0 Å². The molecule has 1 aliphatic carbocycles. The fraction of sp³-hybridized carbons (Fsp3) is 0.417. The molecule has 4 nitrogen and oxygen atoms in total. The highest BCUT2D eigenvalue weighted by atomic mass is 79.9. The summed E-state index contributed by atoms with van der Waals surface area (Å²) in [6, 6.07) is 3.07. The minimum Gasteiger partial charge on any atom is -0.369 e. The topological polar surface area (TPSA) is 73.1 Å². The summed E-state index contributed by atoms with van der Waals surface area (Å²) in [4.78, 5) is 27.1. The van der Waals surface area contributed by atoms with E-state index in [0.29, 0.717) is 18.5 Å². The SMILES string of the molecule is Br.[2H]C([2H])([2H])CC(=O)c1ccc(C2(C(N)=O)CC2)nc1. The fourth-order valence-electron chi connectivity index (χ4n) is 1.70. The van der Waals surface area contributed by atoms with Crippen LogP contribution in [0.2, 0.25) is 0 Å². The number of amides is 1. The van der Waals surface area contributed by atoms with E-state index >= 15 is 0 Å². The van der Waals surface area contributed by atoms with Gasteiger partial charge in [0.25, 0.3) is 0 Å². The van der Waals surface area contributed by atoms with Crippen LogP contribution in [-0.2, 0) is 10.2 Å². The van der Waals surface area contributed by atoms with Crippen LogP contribution in [0.3, 0.4) is 0 Å². The van der Waals surface area contributed by atoms with Gasteiger partial charge in [-0.1, -0.05) is 6.85 Å². The van der Waals surface area contributed by atoms with E-state index in [1.807, 2.05) is 0 Å². The third-order valence-corrected chi connectivity index (χ3v) is 2.96. The Morgan fingerprint density at radius 1 is 1.53 bits per heavy atom. The van der Waals surface area contributed by atoms with Crippen LogP contribution in [0.1, 0.15) is 46.3 Å². The zero-order chi connectivity index (χ0) is 14.3. The van der Waals surface area contributed by atoms with Crippen molar-refractivity contribution >= 4 is 28.7 Å². The Bertz CT molecular complexity index is 524. The monoisotopic (exact) mass is 301 g/mol. The van der Waals surface area contributed by atoms with Gasteiger partial charge in [0.15, 0.2) is 5.78 Å². The van der Waals surface area contributed by atoms with Crippen molar-refractivity contribution in [2.75, 3.05) is 0 Å².